The van der Waals surface area contributed by atoms with E-state index in [0.717, 1.165) is 24.8 Å². The third-order valence-corrected chi connectivity index (χ3v) is 6.91. The predicted molar refractivity (Wildman–Crippen MR) is 146 cm³/mol. The lowest BCUT2D eigenvalue weighted by Crippen LogP contribution is -1.93. The van der Waals surface area contributed by atoms with Crippen molar-refractivity contribution in [2.45, 2.75) is 90.4 Å². The first-order chi connectivity index (χ1) is 17.1. The van der Waals surface area contributed by atoms with Gasteiger partial charge in [0, 0.05) is 5.56 Å². The lowest BCUT2D eigenvalue weighted by molar-refractivity contribution is 0.366. The third kappa shape index (κ3) is 8.35. The van der Waals surface area contributed by atoms with Gasteiger partial charge in [0.15, 0.2) is 11.5 Å². The summed E-state index contributed by atoms with van der Waals surface area (Å²) in [5.41, 5.74) is 4.60. The summed E-state index contributed by atoms with van der Waals surface area (Å²) in [6.45, 7) is 2.26. The normalized spacial score (nSPS) is 11.1. The van der Waals surface area contributed by atoms with Crippen LogP contribution in [0.5, 0.6) is 17.2 Å². The summed E-state index contributed by atoms with van der Waals surface area (Å²) in [5, 5.41) is 31.3. The second kappa shape index (κ2) is 14.5. The smallest absolute Gasteiger partial charge is 0.201 e. The summed E-state index contributed by atoms with van der Waals surface area (Å²) < 4.78 is 0. The highest BCUT2D eigenvalue weighted by molar-refractivity contribution is 5.77. The minimum atomic E-state index is -0.434. The summed E-state index contributed by atoms with van der Waals surface area (Å²) >= 11 is 0. The Kier molecular flexibility index (Phi) is 11.0. The predicted octanol–water partition coefficient (Wildman–Crippen LogP) is 8.72. The van der Waals surface area contributed by atoms with E-state index in [-0.39, 0.29) is 11.5 Å². The van der Waals surface area contributed by atoms with Crippen LogP contribution in [0, 0.1) is 0 Å². The minimum Gasteiger partial charge on any atom is -0.504 e. The van der Waals surface area contributed by atoms with Crippen molar-refractivity contribution in [1.82, 2.24) is 0 Å². The molecule has 0 aromatic heterocycles. The van der Waals surface area contributed by atoms with Gasteiger partial charge in [-0.2, -0.15) is 0 Å². The zero-order valence-corrected chi connectivity index (χ0v) is 21.3. The van der Waals surface area contributed by atoms with E-state index in [1.807, 2.05) is 36.4 Å². The molecule has 188 valence electrons. The Balaban J connectivity index is 1.53. The molecule has 0 atom stereocenters. The maximum absolute atomic E-state index is 10.5. The maximum Gasteiger partial charge on any atom is 0.201 e. The van der Waals surface area contributed by atoms with Gasteiger partial charge in [-0.25, -0.2) is 0 Å². The largest absolute Gasteiger partial charge is 0.504 e. The first kappa shape index (κ1) is 26.7. The second-order valence-electron chi connectivity index (χ2n) is 9.74. The van der Waals surface area contributed by atoms with Gasteiger partial charge in [-0.05, 0) is 60.4 Å². The highest BCUT2D eigenvalue weighted by Gasteiger charge is 2.17. The highest BCUT2D eigenvalue weighted by atomic mass is 16.3. The number of rotatable bonds is 15. The fourth-order valence-corrected chi connectivity index (χ4v) is 4.73. The highest BCUT2D eigenvalue weighted by Crippen LogP contribution is 2.45. The number of phenols is 3. The number of hydrogen-bond donors (Lipinski definition) is 3. The first-order valence-electron chi connectivity index (χ1n) is 13.5. The average molecular weight is 475 g/mol. The van der Waals surface area contributed by atoms with E-state index in [2.05, 4.69) is 31.2 Å². The molecule has 35 heavy (non-hydrogen) atoms. The number of benzene rings is 3. The maximum atomic E-state index is 10.5. The van der Waals surface area contributed by atoms with Crippen molar-refractivity contribution in [3.8, 4) is 28.4 Å². The summed E-state index contributed by atoms with van der Waals surface area (Å²) in [7, 11) is 0. The van der Waals surface area contributed by atoms with Crippen molar-refractivity contribution >= 4 is 0 Å². The minimum absolute atomic E-state index is 0.221. The fourth-order valence-electron chi connectivity index (χ4n) is 4.73. The Hall–Kier alpha value is -2.94. The fraction of sp³-hybridized carbons (Fsp3) is 0.438. The summed E-state index contributed by atoms with van der Waals surface area (Å²) in [4.78, 5) is 0. The van der Waals surface area contributed by atoms with Gasteiger partial charge in [-0.3, -0.25) is 0 Å². The van der Waals surface area contributed by atoms with Crippen LogP contribution in [0.25, 0.3) is 11.1 Å². The molecule has 0 saturated heterocycles. The molecule has 3 heteroatoms. The molecule has 0 radical (unpaired) electrons. The van der Waals surface area contributed by atoms with Crippen molar-refractivity contribution in [2.24, 2.45) is 0 Å². The molecule has 0 fully saturated rings. The zero-order valence-electron chi connectivity index (χ0n) is 21.3. The lowest BCUT2D eigenvalue weighted by Gasteiger charge is -2.13. The van der Waals surface area contributed by atoms with Crippen LogP contribution in [0.1, 0.15) is 87.8 Å². The van der Waals surface area contributed by atoms with E-state index in [1.165, 1.54) is 68.9 Å². The molecule has 0 aliphatic heterocycles. The molecule has 0 bridgehead atoms. The molecular formula is C32H42O3. The van der Waals surface area contributed by atoms with Crippen LogP contribution >= 0.6 is 0 Å². The third-order valence-electron chi connectivity index (χ3n) is 6.91. The molecule has 0 amide bonds. The monoisotopic (exact) mass is 474 g/mol. The molecule has 3 aromatic carbocycles. The summed E-state index contributed by atoms with van der Waals surface area (Å²) in [6.07, 6.45) is 15.4. The topological polar surface area (TPSA) is 60.7 Å². The number of hydrogen-bond acceptors (Lipinski definition) is 3. The Morgan fingerprint density at radius 3 is 1.74 bits per heavy atom. The quantitative estimate of drug-likeness (QED) is 0.152. The number of unbranched alkanes of at least 4 members (excludes halogenated alkanes) is 8. The van der Waals surface area contributed by atoms with Crippen molar-refractivity contribution in [3.05, 3.63) is 77.4 Å². The van der Waals surface area contributed by atoms with Crippen molar-refractivity contribution in [1.29, 1.82) is 0 Å². The Bertz CT molecular complexity index is 1010. The van der Waals surface area contributed by atoms with E-state index < -0.39 is 5.75 Å². The number of aromatic hydroxyl groups is 3. The molecule has 3 aromatic rings. The Morgan fingerprint density at radius 1 is 0.514 bits per heavy atom. The van der Waals surface area contributed by atoms with Gasteiger partial charge >= 0.3 is 0 Å². The van der Waals surface area contributed by atoms with Gasteiger partial charge in [0.2, 0.25) is 5.75 Å². The molecule has 0 heterocycles. The standard InChI is InChI=1S/C32H42O3/c1-2-3-4-5-6-7-8-9-11-17-26-20-22-27(23-21-26)29-24-28(30(33)32(35)31(29)34)19-14-18-25-15-12-10-13-16-25/h10,12-13,15-16,20-24,33-35H,2-9,11,14,17-19H2,1H3. The molecule has 0 spiro atoms. The average Bonchev–Trinajstić information content (AvgIpc) is 2.89. The van der Waals surface area contributed by atoms with E-state index in [1.54, 1.807) is 0 Å². The molecule has 0 aliphatic carbocycles. The van der Waals surface area contributed by atoms with Crippen LogP contribution in [0.15, 0.2) is 60.7 Å². The van der Waals surface area contributed by atoms with E-state index in [4.69, 9.17) is 0 Å². The number of phenolic OH excluding ortho intramolecular Hbond substituents is 3. The molecule has 3 rings (SSSR count). The van der Waals surface area contributed by atoms with Gasteiger partial charge in [0.05, 0.1) is 0 Å². The molecule has 0 aliphatic rings. The van der Waals surface area contributed by atoms with Crippen molar-refractivity contribution < 1.29 is 15.3 Å². The Labute approximate surface area is 211 Å². The zero-order chi connectivity index (χ0) is 24.9. The van der Waals surface area contributed by atoms with Crippen LogP contribution in [-0.2, 0) is 19.3 Å². The molecule has 3 N–H and O–H groups in total. The SMILES string of the molecule is CCCCCCCCCCCc1ccc(-c2cc(CCCc3ccccc3)c(O)c(O)c2O)cc1. The Morgan fingerprint density at radius 2 is 1.09 bits per heavy atom. The molecular weight excluding hydrogens is 432 g/mol. The lowest BCUT2D eigenvalue weighted by atomic mass is 9.95. The van der Waals surface area contributed by atoms with Crippen LogP contribution in [0.3, 0.4) is 0 Å². The van der Waals surface area contributed by atoms with E-state index in [0.29, 0.717) is 17.5 Å². The summed E-state index contributed by atoms with van der Waals surface area (Å²) in [5.74, 6) is -0.918. The molecule has 0 saturated carbocycles. The van der Waals surface area contributed by atoms with Crippen LogP contribution in [0.2, 0.25) is 0 Å². The van der Waals surface area contributed by atoms with Gasteiger partial charge in [-0.1, -0.05) is 113 Å². The van der Waals surface area contributed by atoms with Gasteiger partial charge < -0.3 is 15.3 Å². The second-order valence-corrected chi connectivity index (χ2v) is 9.74. The van der Waals surface area contributed by atoms with Gasteiger partial charge in [0.1, 0.15) is 0 Å². The van der Waals surface area contributed by atoms with Crippen molar-refractivity contribution in [2.75, 3.05) is 0 Å². The van der Waals surface area contributed by atoms with E-state index in [9.17, 15) is 15.3 Å². The first-order valence-corrected chi connectivity index (χ1v) is 13.5. The van der Waals surface area contributed by atoms with Crippen LogP contribution < -0.4 is 0 Å². The summed E-state index contributed by atoms with van der Waals surface area (Å²) in [6, 6.07) is 20.3. The van der Waals surface area contributed by atoms with Crippen LogP contribution in [-0.4, -0.2) is 15.3 Å². The molecule has 3 nitrogen and oxygen atoms in total. The number of aryl methyl sites for hydroxylation is 3. The molecule has 0 unspecified atom stereocenters. The van der Waals surface area contributed by atoms with Crippen LogP contribution in [0.4, 0.5) is 0 Å². The van der Waals surface area contributed by atoms with E-state index >= 15 is 0 Å². The van der Waals surface area contributed by atoms with Gasteiger partial charge in [0.25, 0.3) is 0 Å². The van der Waals surface area contributed by atoms with Crippen molar-refractivity contribution in [3.63, 3.8) is 0 Å². The van der Waals surface area contributed by atoms with Gasteiger partial charge in [-0.15, -0.1) is 0 Å².